The van der Waals surface area contributed by atoms with Gasteiger partial charge in [-0.2, -0.15) is 8.78 Å². The Morgan fingerprint density at radius 3 is 2.65 bits per heavy atom. The van der Waals surface area contributed by atoms with Crippen LogP contribution in [0.3, 0.4) is 0 Å². The minimum absolute atomic E-state index is 0.0204. The van der Waals surface area contributed by atoms with Crippen LogP contribution in [0.1, 0.15) is 4.88 Å². The Hall–Kier alpha value is -0.560. The molecular weight excluding hydrogens is 395 g/mol. The van der Waals surface area contributed by atoms with Crippen molar-refractivity contribution in [3.8, 4) is 5.75 Å². The summed E-state index contributed by atoms with van der Waals surface area (Å²) in [5.41, 5.74) is 0.384. The molecule has 108 valence electrons. The normalized spacial score (nSPS) is 10.9. The standard InChI is InChI=1S/C12H8BrCl2F2NOS/c13-8-3-6(14)4-9(11(8)19-12(16)17)18-5-7-1-2-10(15)20-7/h1-4,12,18H,5H2. The van der Waals surface area contributed by atoms with Gasteiger partial charge < -0.3 is 10.1 Å². The van der Waals surface area contributed by atoms with Crippen LogP contribution < -0.4 is 10.1 Å². The van der Waals surface area contributed by atoms with Crippen LogP contribution in [0.15, 0.2) is 28.7 Å². The SMILES string of the molecule is FC(F)Oc1c(Br)cc(Cl)cc1NCc1ccc(Cl)s1. The summed E-state index contributed by atoms with van der Waals surface area (Å²) in [4.78, 5) is 0.967. The molecule has 0 unspecified atom stereocenters. The van der Waals surface area contributed by atoms with Gasteiger partial charge in [-0.25, -0.2) is 0 Å². The quantitative estimate of drug-likeness (QED) is 0.659. The summed E-state index contributed by atoms with van der Waals surface area (Å²) >= 11 is 16.3. The van der Waals surface area contributed by atoms with Crippen molar-refractivity contribution in [1.29, 1.82) is 0 Å². The lowest BCUT2D eigenvalue weighted by molar-refractivity contribution is -0.0498. The molecule has 0 saturated heterocycles. The molecule has 1 heterocycles. The lowest BCUT2D eigenvalue weighted by Gasteiger charge is -2.14. The molecule has 0 saturated carbocycles. The molecule has 2 aromatic rings. The third kappa shape index (κ3) is 4.22. The predicted molar refractivity (Wildman–Crippen MR) is 82.4 cm³/mol. The zero-order valence-electron chi connectivity index (χ0n) is 9.80. The molecule has 0 atom stereocenters. The van der Waals surface area contributed by atoms with E-state index in [-0.39, 0.29) is 5.75 Å². The smallest absolute Gasteiger partial charge is 0.387 e. The van der Waals surface area contributed by atoms with E-state index in [9.17, 15) is 8.78 Å². The van der Waals surface area contributed by atoms with Crippen LogP contribution in [0.5, 0.6) is 5.75 Å². The highest BCUT2D eigenvalue weighted by molar-refractivity contribution is 9.10. The number of benzene rings is 1. The summed E-state index contributed by atoms with van der Waals surface area (Å²) in [5.74, 6) is 0.0204. The number of anilines is 1. The van der Waals surface area contributed by atoms with E-state index in [1.807, 2.05) is 6.07 Å². The van der Waals surface area contributed by atoms with Crippen LogP contribution in [0, 0.1) is 0 Å². The molecular formula is C12H8BrCl2F2NOS. The second kappa shape index (κ2) is 6.93. The predicted octanol–water partition coefficient (Wildman–Crippen LogP) is 6.03. The Morgan fingerprint density at radius 1 is 1.30 bits per heavy atom. The average Bonchev–Trinajstić information content (AvgIpc) is 2.76. The van der Waals surface area contributed by atoms with Crippen molar-refractivity contribution >= 4 is 56.2 Å². The number of alkyl halides is 2. The van der Waals surface area contributed by atoms with Gasteiger partial charge in [-0.3, -0.25) is 0 Å². The number of ether oxygens (including phenoxy) is 1. The summed E-state index contributed by atoms with van der Waals surface area (Å²) in [5, 5.41) is 3.42. The zero-order valence-corrected chi connectivity index (χ0v) is 13.7. The first kappa shape index (κ1) is 15.8. The maximum absolute atomic E-state index is 12.4. The number of hydrogen-bond acceptors (Lipinski definition) is 3. The van der Waals surface area contributed by atoms with Crippen molar-refractivity contribution in [2.45, 2.75) is 13.2 Å². The Morgan fingerprint density at radius 2 is 2.05 bits per heavy atom. The van der Waals surface area contributed by atoms with Crippen LogP contribution in [-0.4, -0.2) is 6.61 Å². The average molecular weight is 403 g/mol. The second-order valence-electron chi connectivity index (χ2n) is 3.70. The van der Waals surface area contributed by atoms with Gasteiger partial charge in [-0.1, -0.05) is 23.2 Å². The highest BCUT2D eigenvalue weighted by Crippen LogP contribution is 2.38. The van der Waals surface area contributed by atoms with Crippen LogP contribution >= 0.6 is 50.5 Å². The Kier molecular flexibility index (Phi) is 5.49. The van der Waals surface area contributed by atoms with E-state index in [1.165, 1.54) is 23.5 Å². The largest absolute Gasteiger partial charge is 0.431 e. The topological polar surface area (TPSA) is 21.3 Å². The van der Waals surface area contributed by atoms with E-state index in [4.69, 9.17) is 23.2 Å². The van der Waals surface area contributed by atoms with E-state index >= 15 is 0 Å². The fraction of sp³-hybridized carbons (Fsp3) is 0.167. The number of rotatable bonds is 5. The molecule has 0 spiro atoms. The van der Waals surface area contributed by atoms with Gasteiger partial charge in [-0.15, -0.1) is 11.3 Å². The van der Waals surface area contributed by atoms with E-state index in [1.54, 1.807) is 6.07 Å². The van der Waals surface area contributed by atoms with E-state index in [0.29, 0.717) is 26.1 Å². The van der Waals surface area contributed by atoms with Gasteiger partial charge in [-0.05, 0) is 40.2 Å². The first-order valence-corrected chi connectivity index (χ1v) is 7.74. The maximum Gasteiger partial charge on any atom is 0.387 e. The molecule has 1 aromatic carbocycles. The summed E-state index contributed by atoms with van der Waals surface area (Å²) < 4.78 is 30.4. The summed E-state index contributed by atoms with van der Waals surface area (Å²) in [6, 6.07) is 6.65. The number of thiophene rings is 1. The first-order valence-electron chi connectivity index (χ1n) is 5.37. The molecule has 0 aliphatic carbocycles. The first-order chi connectivity index (χ1) is 9.45. The molecule has 2 nitrogen and oxygen atoms in total. The van der Waals surface area contributed by atoms with Gasteiger partial charge in [0.2, 0.25) is 0 Å². The fourth-order valence-electron chi connectivity index (χ4n) is 1.53. The molecule has 0 aliphatic heterocycles. The van der Waals surface area contributed by atoms with Crippen LogP contribution in [0.2, 0.25) is 9.36 Å². The van der Waals surface area contributed by atoms with Crippen LogP contribution in [-0.2, 0) is 6.54 Å². The molecule has 1 aromatic heterocycles. The van der Waals surface area contributed by atoms with Gasteiger partial charge in [0.05, 0.1) is 14.5 Å². The fourth-order valence-corrected chi connectivity index (χ4v) is 3.46. The van der Waals surface area contributed by atoms with E-state index in [2.05, 4.69) is 26.0 Å². The van der Waals surface area contributed by atoms with Gasteiger partial charge in [0.15, 0.2) is 5.75 Å². The Labute approximate surface area is 136 Å². The summed E-state index contributed by atoms with van der Waals surface area (Å²) in [7, 11) is 0. The van der Waals surface area contributed by atoms with Crippen LogP contribution in [0.4, 0.5) is 14.5 Å². The minimum Gasteiger partial charge on any atom is -0.431 e. The van der Waals surface area contributed by atoms with E-state index in [0.717, 1.165) is 4.88 Å². The number of halogens is 5. The zero-order chi connectivity index (χ0) is 14.7. The number of nitrogens with one attached hydrogen (secondary N) is 1. The second-order valence-corrected chi connectivity index (χ2v) is 6.79. The summed E-state index contributed by atoms with van der Waals surface area (Å²) in [6.45, 7) is -2.48. The molecule has 2 rings (SSSR count). The summed E-state index contributed by atoms with van der Waals surface area (Å²) in [6.07, 6.45) is 0. The Bertz CT molecular complexity index is 609. The highest BCUT2D eigenvalue weighted by Gasteiger charge is 2.15. The molecule has 0 aliphatic rings. The molecule has 0 fully saturated rings. The molecule has 0 bridgehead atoms. The lowest BCUT2D eigenvalue weighted by Crippen LogP contribution is -2.07. The maximum atomic E-state index is 12.4. The minimum atomic E-state index is -2.91. The molecule has 20 heavy (non-hydrogen) atoms. The van der Waals surface area contributed by atoms with Crippen molar-refractivity contribution in [1.82, 2.24) is 0 Å². The van der Waals surface area contributed by atoms with Gasteiger partial charge in [0.1, 0.15) is 0 Å². The third-order valence-corrected chi connectivity index (χ3v) is 4.34. The van der Waals surface area contributed by atoms with Gasteiger partial charge in [0.25, 0.3) is 0 Å². The van der Waals surface area contributed by atoms with Gasteiger partial charge in [0, 0.05) is 16.4 Å². The molecule has 1 N–H and O–H groups in total. The Balaban J connectivity index is 2.20. The van der Waals surface area contributed by atoms with Crippen molar-refractivity contribution in [3.63, 3.8) is 0 Å². The van der Waals surface area contributed by atoms with Gasteiger partial charge >= 0.3 is 6.61 Å². The molecule has 8 heteroatoms. The van der Waals surface area contributed by atoms with Crippen molar-refractivity contribution < 1.29 is 13.5 Å². The van der Waals surface area contributed by atoms with Crippen LogP contribution in [0.25, 0.3) is 0 Å². The highest BCUT2D eigenvalue weighted by atomic mass is 79.9. The molecule has 0 radical (unpaired) electrons. The third-order valence-electron chi connectivity index (χ3n) is 2.30. The van der Waals surface area contributed by atoms with Crippen molar-refractivity contribution in [2.75, 3.05) is 5.32 Å². The number of hydrogen-bond donors (Lipinski definition) is 1. The van der Waals surface area contributed by atoms with Crippen molar-refractivity contribution in [3.05, 3.63) is 43.0 Å². The molecule has 0 amide bonds. The van der Waals surface area contributed by atoms with Crippen molar-refractivity contribution in [2.24, 2.45) is 0 Å². The van der Waals surface area contributed by atoms with E-state index < -0.39 is 6.61 Å². The lowest BCUT2D eigenvalue weighted by atomic mass is 10.3. The monoisotopic (exact) mass is 401 g/mol.